The maximum Gasteiger partial charge on any atom is 0.372 e. The summed E-state index contributed by atoms with van der Waals surface area (Å²) in [7, 11) is 1.93. The minimum atomic E-state index is -1.02. The molecule has 3 rings (SSSR count). The second kappa shape index (κ2) is 2.89. The highest BCUT2D eigenvalue weighted by Gasteiger charge is 2.22. The molecular formula is C11H9NO3S. The van der Waals surface area contributed by atoms with Gasteiger partial charge in [0.15, 0.2) is 5.58 Å². The molecule has 0 atom stereocenters. The van der Waals surface area contributed by atoms with E-state index in [-0.39, 0.29) is 5.76 Å². The van der Waals surface area contributed by atoms with Gasteiger partial charge in [0.25, 0.3) is 0 Å². The van der Waals surface area contributed by atoms with Crippen LogP contribution in [0.1, 0.15) is 16.1 Å². The quantitative estimate of drug-likeness (QED) is 0.705. The number of carboxylic acids is 1. The van der Waals surface area contributed by atoms with Crippen molar-refractivity contribution in [3.8, 4) is 0 Å². The zero-order chi connectivity index (χ0) is 11.4. The SMILES string of the molecule is Cc1c(C(=O)O)oc2c3ccsc3n(C)c12. The Morgan fingerprint density at radius 1 is 1.56 bits per heavy atom. The molecule has 16 heavy (non-hydrogen) atoms. The maximum atomic E-state index is 11.0. The van der Waals surface area contributed by atoms with Crippen molar-refractivity contribution >= 4 is 38.6 Å². The fourth-order valence-corrected chi connectivity index (χ4v) is 3.00. The first kappa shape index (κ1) is 9.47. The Morgan fingerprint density at radius 3 is 3.00 bits per heavy atom. The summed E-state index contributed by atoms with van der Waals surface area (Å²) in [4.78, 5) is 12.1. The van der Waals surface area contributed by atoms with Gasteiger partial charge in [0, 0.05) is 12.6 Å². The van der Waals surface area contributed by atoms with Crippen LogP contribution in [-0.4, -0.2) is 15.6 Å². The minimum absolute atomic E-state index is 0.0358. The molecule has 3 aromatic heterocycles. The van der Waals surface area contributed by atoms with Gasteiger partial charge in [-0.2, -0.15) is 0 Å². The number of carboxylic acid groups (broad SMARTS) is 1. The van der Waals surface area contributed by atoms with Crippen LogP contribution in [0.25, 0.3) is 21.3 Å². The molecule has 0 fully saturated rings. The van der Waals surface area contributed by atoms with Crippen molar-refractivity contribution < 1.29 is 14.3 Å². The summed E-state index contributed by atoms with van der Waals surface area (Å²) in [5.74, 6) is -0.981. The summed E-state index contributed by atoms with van der Waals surface area (Å²) in [5.41, 5.74) is 2.24. The lowest BCUT2D eigenvalue weighted by atomic mass is 10.2. The molecule has 0 spiro atoms. The van der Waals surface area contributed by atoms with Gasteiger partial charge in [-0.3, -0.25) is 0 Å². The second-order valence-electron chi connectivity index (χ2n) is 3.74. The van der Waals surface area contributed by atoms with Gasteiger partial charge in [0.05, 0.1) is 10.9 Å². The molecule has 82 valence electrons. The number of carbonyl (C=O) groups is 1. The highest BCUT2D eigenvalue weighted by atomic mass is 32.1. The number of aromatic carboxylic acids is 1. The van der Waals surface area contributed by atoms with E-state index < -0.39 is 5.97 Å². The highest BCUT2D eigenvalue weighted by molar-refractivity contribution is 7.17. The third-order valence-corrected chi connectivity index (χ3v) is 3.83. The summed E-state index contributed by atoms with van der Waals surface area (Å²) in [6, 6.07) is 1.96. The number of aryl methyl sites for hydroxylation is 2. The maximum absolute atomic E-state index is 11.0. The Hall–Kier alpha value is -1.75. The van der Waals surface area contributed by atoms with Gasteiger partial charge in [-0.1, -0.05) is 0 Å². The molecule has 0 aliphatic heterocycles. The third kappa shape index (κ3) is 0.957. The Bertz CT molecular complexity index is 716. The number of fused-ring (bicyclic) bond motifs is 3. The van der Waals surface area contributed by atoms with Crippen LogP contribution in [0.5, 0.6) is 0 Å². The lowest BCUT2D eigenvalue weighted by Crippen LogP contribution is -1.96. The van der Waals surface area contributed by atoms with Crippen molar-refractivity contribution in [1.29, 1.82) is 0 Å². The molecule has 3 heterocycles. The van der Waals surface area contributed by atoms with Crippen LogP contribution in [0, 0.1) is 6.92 Å². The van der Waals surface area contributed by atoms with Gasteiger partial charge in [0.1, 0.15) is 4.83 Å². The smallest absolute Gasteiger partial charge is 0.372 e. The summed E-state index contributed by atoms with van der Waals surface area (Å²) < 4.78 is 7.43. The van der Waals surface area contributed by atoms with E-state index in [4.69, 9.17) is 9.52 Å². The average Bonchev–Trinajstić information content (AvgIpc) is 2.83. The fourth-order valence-electron chi connectivity index (χ4n) is 2.13. The monoisotopic (exact) mass is 235 g/mol. The Balaban J connectivity index is 2.55. The molecule has 0 bridgehead atoms. The van der Waals surface area contributed by atoms with Gasteiger partial charge in [-0.05, 0) is 18.4 Å². The number of nitrogens with zero attached hydrogens (tertiary/aromatic N) is 1. The van der Waals surface area contributed by atoms with Gasteiger partial charge in [-0.25, -0.2) is 4.79 Å². The van der Waals surface area contributed by atoms with E-state index in [0.29, 0.717) is 11.1 Å². The normalized spacial score (nSPS) is 11.6. The van der Waals surface area contributed by atoms with Crippen molar-refractivity contribution in [3.63, 3.8) is 0 Å². The summed E-state index contributed by atoms with van der Waals surface area (Å²) in [6.07, 6.45) is 0. The zero-order valence-corrected chi connectivity index (χ0v) is 9.59. The van der Waals surface area contributed by atoms with E-state index in [1.165, 1.54) is 0 Å². The Morgan fingerprint density at radius 2 is 2.31 bits per heavy atom. The van der Waals surface area contributed by atoms with E-state index in [0.717, 1.165) is 15.7 Å². The minimum Gasteiger partial charge on any atom is -0.475 e. The van der Waals surface area contributed by atoms with E-state index in [1.54, 1.807) is 18.3 Å². The van der Waals surface area contributed by atoms with Crippen molar-refractivity contribution in [2.45, 2.75) is 6.92 Å². The first-order chi connectivity index (χ1) is 7.61. The van der Waals surface area contributed by atoms with Crippen LogP contribution in [0.4, 0.5) is 0 Å². The van der Waals surface area contributed by atoms with Gasteiger partial charge in [-0.15, -0.1) is 11.3 Å². The molecule has 0 unspecified atom stereocenters. The van der Waals surface area contributed by atoms with Crippen LogP contribution < -0.4 is 0 Å². The second-order valence-corrected chi connectivity index (χ2v) is 4.63. The number of aromatic nitrogens is 1. The van der Waals surface area contributed by atoms with E-state index in [1.807, 2.05) is 23.1 Å². The largest absolute Gasteiger partial charge is 0.475 e. The van der Waals surface area contributed by atoms with Crippen LogP contribution in [0.3, 0.4) is 0 Å². The lowest BCUT2D eigenvalue weighted by Gasteiger charge is -1.95. The molecule has 0 radical (unpaired) electrons. The Labute approximate surface area is 94.7 Å². The van der Waals surface area contributed by atoms with Crippen LogP contribution in [0.15, 0.2) is 15.9 Å². The van der Waals surface area contributed by atoms with E-state index in [9.17, 15) is 4.79 Å². The van der Waals surface area contributed by atoms with Crippen molar-refractivity contribution in [3.05, 3.63) is 22.8 Å². The summed E-state index contributed by atoms with van der Waals surface area (Å²) >= 11 is 1.62. The number of rotatable bonds is 1. The van der Waals surface area contributed by atoms with Crippen LogP contribution in [0.2, 0.25) is 0 Å². The standard InChI is InChI=1S/C11H9NO3S/c1-5-7-9(15-8(5)11(13)14)6-3-4-16-10(6)12(7)2/h3-4H,1-2H3,(H,13,14). The zero-order valence-electron chi connectivity index (χ0n) is 8.77. The molecular weight excluding hydrogens is 226 g/mol. The van der Waals surface area contributed by atoms with Gasteiger partial charge >= 0.3 is 5.97 Å². The number of hydrogen-bond acceptors (Lipinski definition) is 3. The van der Waals surface area contributed by atoms with Crippen LogP contribution in [-0.2, 0) is 7.05 Å². The first-order valence-electron chi connectivity index (χ1n) is 4.79. The van der Waals surface area contributed by atoms with Crippen molar-refractivity contribution in [1.82, 2.24) is 4.57 Å². The number of hydrogen-bond donors (Lipinski definition) is 1. The molecule has 0 amide bonds. The molecule has 1 N–H and O–H groups in total. The molecule has 0 aromatic carbocycles. The van der Waals surface area contributed by atoms with Gasteiger partial charge in [0.2, 0.25) is 5.76 Å². The Kier molecular flexibility index (Phi) is 1.71. The lowest BCUT2D eigenvalue weighted by molar-refractivity contribution is 0.0664. The van der Waals surface area contributed by atoms with E-state index in [2.05, 4.69) is 0 Å². The van der Waals surface area contributed by atoms with Crippen molar-refractivity contribution in [2.24, 2.45) is 7.05 Å². The predicted molar refractivity (Wildman–Crippen MR) is 62.3 cm³/mol. The molecule has 5 heteroatoms. The van der Waals surface area contributed by atoms with Crippen molar-refractivity contribution in [2.75, 3.05) is 0 Å². The number of furan rings is 1. The molecule has 3 aromatic rings. The molecule has 0 saturated carbocycles. The predicted octanol–water partition coefficient (Wildman–Crippen LogP) is 2.99. The topological polar surface area (TPSA) is 55.4 Å². The van der Waals surface area contributed by atoms with Gasteiger partial charge < -0.3 is 14.1 Å². The third-order valence-electron chi connectivity index (χ3n) is 2.84. The molecule has 4 nitrogen and oxygen atoms in total. The first-order valence-corrected chi connectivity index (χ1v) is 5.67. The van der Waals surface area contributed by atoms with E-state index >= 15 is 0 Å². The fraction of sp³-hybridized carbons (Fsp3) is 0.182. The molecule has 0 aliphatic carbocycles. The number of thiophene rings is 1. The summed E-state index contributed by atoms with van der Waals surface area (Å²) in [5, 5.41) is 12.0. The summed E-state index contributed by atoms with van der Waals surface area (Å²) in [6.45, 7) is 1.78. The molecule has 0 aliphatic rings. The highest BCUT2D eigenvalue weighted by Crippen LogP contribution is 2.36. The van der Waals surface area contributed by atoms with Crippen LogP contribution >= 0.6 is 11.3 Å². The average molecular weight is 235 g/mol. The molecule has 0 saturated heterocycles.